The molecule has 0 spiro atoms. The number of rotatable bonds is 5. The molecule has 2 N–H and O–H groups in total. The smallest absolute Gasteiger partial charge is 0.402 e. The number of hydrogen-bond donors (Lipinski definition) is 2. The zero-order chi connectivity index (χ0) is 15.6. The van der Waals surface area contributed by atoms with E-state index in [2.05, 4.69) is 4.74 Å². The van der Waals surface area contributed by atoms with E-state index in [0.717, 1.165) is 0 Å². The third kappa shape index (κ3) is 3.73. The molecule has 1 aliphatic carbocycles. The lowest BCUT2D eigenvalue weighted by molar-refractivity contribution is -0.162. The molecule has 1 rings (SSSR count). The molecule has 0 aromatic carbocycles. The van der Waals surface area contributed by atoms with Gasteiger partial charge in [-0.15, -0.1) is 0 Å². The molecule has 114 valence electrons. The fraction of sp³-hybridized carbons (Fsp3) is 0.600. The van der Waals surface area contributed by atoms with E-state index in [0.29, 0.717) is 0 Å². The van der Waals surface area contributed by atoms with Crippen LogP contribution in [0.5, 0.6) is 0 Å². The summed E-state index contributed by atoms with van der Waals surface area (Å²) in [6.45, 7) is -1.86. The first kappa shape index (κ1) is 16.5. The van der Waals surface area contributed by atoms with E-state index < -0.39 is 45.8 Å². The van der Waals surface area contributed by atoms with Crippen molar-refractivity contribution in [1.82, 2.24) is 0 Å². The number of alkyl halides is 2. The molecule has 20 heavy (non-hydrogen) atoms. The minimum absolute atomic E-state index is 0.00670. The Bertz CT molecular complexity index is 526. The van der Waals surface area contributed by atoms with Crippen molar-refractivity contribution in [1.29, 1.82) is 0 Å². The van der Waals surface area contributed by atoms with Crippen molar-refractivity contribution in [2.24, 2.45) is 11.8 Å². The van der Waals surface area contributed by atoms with Crippen LogP contribution in [-0.4, -0.2) is 41.9 Å². The van der Waals surface area contributed by atoms with Gasteiger partial charge in [0.2, 0.25) is 0 Å². The van der Waals surface area contributed by atoms with Crippen molar-refractivity contribution in [3.8, 4) is 0 Å². The topological polar surface area (TPSA) is 118 Å². The first-order chi connectivity index (χ1) is 9.06. The third-order valence-electron chi connectivity index (χ3n) is 2.81. The fourth-order valence-electron chi connectivity index (χ4n) is 1.68. The van der Waals surface area contributed by atoms with Crippen LogP contribution in [0.25, 0.3) is 0 Å². The van der Waals surface area contributed by atoms with E-state index in [1.165, 1.54) is 12.2 Å². The number of halogens is 2. The number of esters is 1. The maximum Gasteiger partial charge on any atom is 0.402 e. The number of ether oxygens (including phenoxy) is 1. The van der Waals surface area contributed by atoms with Crippen LogP contribution in [0.3, 0.4) is 0 Å². The molecule has 2 unspecified atom stereocenters. The van der Waals surface area contributed by atoms with E-state index in [1.807, 2.05) is 0 Å². The zero-order valence-corrected chi connectivity index (χ0v) is 10.8. The largest absolute Gasteiger partial charge is 0.481 e. The van der Waals surface area contributed by atoms with Crippen LogP contribution < -0.4 is 0 Å². The summed E-state index contributed by atoms with van der Waals surface area (Å²) in [5.41, 5.74) is 0. The molecule has 0 fully saturated rings. The molecular formula is C10H12F2O7S. The first-order valence-corrected chi connectivity index (χ1v) is 6.89. The quantitative estimate of drug-likeness (QED) is 0.435. The van der Waals surface area contributed by atoms with Crippen molar-refractivity contribution in [3.05, 3.63) is 12.2 Å². The highest BCUT2D eigenvalue weighted by molar-refractivity contribution is 7.86. The molecule has 0 radical (unpaired) electrons. The van der Waals surface area contributed by atoms with Gasteiger partial charge in [-0.05, 0) is 12.8 Å². The van der Waals surface area contributed by atoms with Gasteiger partial charge in [0.1, 0.15) is 0 Å². The maximum absolute atomic E-state index is 12.9. The van der Waals surface area contributed by atoms with E-state index in [-0.39, 0.29) is 12.8 Å². The van der Waals surface area contributed by atoms with Crippen molar-refractivity contribution in [2.75, 3.05) is 6.61 Å². The number of carbonyl (C=O) groups excluding carboxylic acids is 1. The van der Waals surface area contributed by atoms with Gasteiger partial charge in [-0.1, -0.05) is 12.2 Å². The molecule has 0 aromatic heterocycles. The second-order valence-electron chi connectivity index (χ2n) is 4.21. The molecule has 0 aromatic rings. The van der Waals surface area contributed by atoms with Gasteiger partial charge in [0.25, 0.3) is 0 Å². The lowest BCUT2D eigenvalue weighted by Crippen LogP contribution is -2.38. The monoisotopic (exact) mass is 314 g/mol. The fourth-order valence-corrected chi connectivity index (χ4v) is 1.89. The van der Waals surface area contributed by atoms with Crippen LogP contribution >= 0.6 is 0 Å². The predicted molar refractivity (Wildman–Crippen MR) is 60.4 cm³/mol. The first-order valence-electron chi connectivity index (χ1n) is 5.45. The summed E-state index contributed by atoms with van der Waals surface area (Å²) in [5.74, 6) is -4.82. The Morgan fingerprint density at radius 3 is 2.20 bits per heavy atom. The molecular weight excluding hydrogens is 302 g/mol. The Kier molecular flexibility index (Phi) is 4.81. The summed E-state index contributed by atoms with van der Waals surface area (Å²) < 4.78 is 58.7. The Morgan fingerprint density at radius 1 is 1.25 bits per heavy atom. The average molecular weight is 314 g/mol. The zero-order valence-electron chi connectivity index (χ0n) is 10.0. The molecule has 0 saturated carbocycles. The van der Waals surface area contributed by atoms with Crippen LogP contribution in [0.4, 0.5) is 8.78 Å². The van der Waals surface area contributed by atoms with Gasteiger partial charge in [0.15, 0.2) is 6.61 Å². The molecule has 0 saturated heterocycles. The number of carbonyl (C=O) groups is 2. The number of aliphatic carboxylic acids is 1. The average Bonchev–Trinajstić information content (AvgIpc) is 2.34. The van der Waals surface area contributed by atoms with Crippen LogP contribution in [-0.2, 0) is 24.4 Å². The Morgan fingerprint density at radius 2 is 1.75 bits per heavy atom. The van der Waals surface area contributed by atoms with Crippen LogP contribution in [0.15, 0.2) is 12.2 Å². The van der Waals surface area contributed by atoms with Gasteiger partial charge in [-0.3, -0.25) is 14.1 Å². The second-order valence-corrected chi connectivity index (χ2v) is 5.76. The van der Waals surface area contributed by atoms with Gasteiger partial charge in [0, 0.05) is 0 Å². The summed E-state index contributed by atoms with van der Waals surface area (Å²) in [7, 11) is -5.70. The van der Waals surface area contributed by atoms with Gasteiger partial charge in [0.05, 0.1) is 11.8 Å². The second kappa shape index (κ2) is 5.83. The Balaban J connectivity index is 2.72. The van der Waals surface area contributed by atoms with Gasteiger partial charge >= 0.3 is 27.3 Å². The van der Waals surface area contributed by atoms with Gasteiger partial charge in [-0.25, -0.2) is 0 Å². The molecule has 1 aliphatic rings. The number of allylic oxidation sites excluding steroid dienone is 2. The Labute approximate surface area is 113 Å². The van der Waals surface area contributed by atoms with Crippen LogP contribution in [0.2, 0.25) is 0 Å². The number of hydrogen-bond acceptors (Lipinski definition) is 5. The third-order valence-corrected chi connectivity index (χ3v) is 3.68. The SMILES string of the molecule is O=C(O)C1CC=CCC1C(=O)OCC(F)(F)S(=O)(=O)O. The van der Waals surface area contributed by atoms with E-state index >= 15 is 0 Å². The summed E-state index contributed by atoms with van der Waals surface area (Å²) in [6, 6.07) is 0. The normalized spacial score (nSPS) is 23.4. The summed E-state index contributed by atoms with van der Waals surface area (Å²) >= 11 is 0. The van der Waals surface area contributed by atoms with Crippen LogP contribution in [0, 0.1) is 11.8 Å². The van der Waals surface area contributed by atoms with Gasteiger partial charge in [-0.2, -0.15) is 17.2 Å². The number of carboxylic acid groups (broad SMARTS) is 1. The van der Waals surface area contributed by atoms with E-state index in [9.17, 15) is 26.8 Å². The molecule has 0 heterocycles. The van der Waals surface area contributed by atoms with Crippen LogP contribution in [0.1, 0.15) is 12.8 Å². The highest BCUT2D eigenvalue weighted by atomic mass is 32.2. The van der Waals surface area contributed by atoms with E-state index in [1.54, 1.807) is 0 Å². The summed E-state index contributed by atoms with van der Waals surface area (Å²) in [5, 5.41) is 4.26. The van der Waals surface area contributed by atoms with Gasteiger partial charge < -0.3 is 9.84 Å². The van der Waals surface area contributed by atoms with Crippen molar-refractivity contribution in [3.63, 3.8) is 0 Å². The van der Waals surface area contributed by atoms with Crippen molar-refractivity contribution >= 4 is 22.1 Å². The standard InChI is InChI=1S/C10H12F2O7S/c11-10(12,20(16,17)18)5-19-9(15)7-4-2-1-3-6(7)8(13)14/h1-2,6-7H,3-5H2,(H,13,14)(H,16,17,18). The molecule has 10 heteroatoms. The Hall–Kier alpha value is -1.55. The molecule has 0 bridgehead atoms. The minimum atomic E-state index is -5.70. The highest BCUT2D eigenvalue weighted by Gasteiger charge is 2.46. The lowest BCUT2D eigenvalue weighted by atomic mass is 9.83. The lowest BCUT2D eigenvalue weighted by Gasteiger charge is -2.24. The number of carboxylic acids is 1. The molecule has 0 amide bonds. The molecule has 2 atom stereocenters. The summed E-state index contributed by atoms with van der Waals surface area (Å²) in [6.07, 6.45) is 3.08. The minimum Gasteiger partial charge on any atom is -0.481 e. The maximum atomic E-state index is 12.9. The highest BCUT2D eigenvalue weighted by Crippen LogP contribution is 2.28. The molecule has 0 aliphatic heterocycles. The molecule has 7 nitrogen and oxygen atoms in total. The predicted octanol–water partition coefficient (Wildman–Crippen LogP) is 0.677. The van der Waals surface area contributed by atoms with E-state index in [4.69, 9.17) is 9.66 Å². The summed E-state index contributed by atoms with van der Waals surface area (Å²) in [4.78, 5) is 22.5. The van der Waals surface area contributed by atoms with Crippen molar-refractivity contribution < 1.29 is 41.2 Å². The van der Waals surface area contributed by atoms with Crippen molar-refractivity contribution in [2.45, 2.75) is 18.1 Å².